The van der Waals surface area contributed by atoms with Gasteiger partial charge < -0.3 is 19.4 Å². The van der Waals surface area contributed by atoms with Crippen LogP contribution in [-0.4, -0.2) is 42.2 Å². The summed E-state index contributed by atoms with van der Waals surface area (Å²) in [5.74, 6) is 1.62. The van der Waals surface area contributed by atoms with Gasteiger partial charge in [0.2, 0.25) is 0 Å². The third-order valence-electron chi connectivity index (χ3n) is 3.87. The molecule has 0 amide bonds. The van der Waals surface area contributed by atoms with Gasteiger partial charge in [-0.05, 0) is 38.5 Å². The summed E-state index contributed by atoms with van der Waals surface area (Å²) < 4.78 is 17.5. The van der Waals surface area contributed by atoms with E-state index in [1.165, 1.54) is 5.06 Å². The third-order valence-corrected chi connectivity index (χ3v) is 3.87. The topological polar surface area (TPSA) is 51.2 Å². The lowest BCUT2D eigenvalue weighted by Crippen LogP contribution is -2.35. The molecule has 5 heteroatoms. The molecule has 5 nitrogen and oxygen atoms in total. The van der Waals surface area contributed by atoms with Crippen molar-refractivity contribution in [3.63, 3.8) is 0 Å². The van der Waals surface area contributed by atoms with Crippen LogP contribution in [0, 0.1) is 0 Å². The molecule has 1 atom stereocenters. The number of nitrogens with zero attached hydrogens (tertiary/aromatic N) is 1. The third kappa shape index (κ3) is 3.00. The first kappa shape index (κ1) is 14.6. The van der Waals surface area contributed by atoms with Gasteiger partial charge in [0.25, 0.3) is 0 Å². The van der Waals surface area contributed by atoms with E-state index in [2.05, 4.69) is 19.9 Å². The zero-order chi connectivity index (χ0) is 15.0. The Morgan fingerprint density at radius 3 is 2.95 bits per heavy atom. The molecule has 1 unspecified atom stereocenters. The molecule has 1 fully saturated rings. The summed E-state index contributed by atoms with van der Waals surface area (Å²) in [5.41, 5.74) is 1.99. The van der Waals surface area contributed by atoms with E-state index >= 15 is 0 Å². The lowest BCUT2D eigenvalue weighted by atomic mass is 9.98. The van der Waals surface area contributed by atoms with Gasteiger partial charge in [0.05, 0.1) is 25.9 Å². The monoisotopic (exact) mass is 293 g/mol. The number of hydroxylamine groups is 2. The molecule has 2 heterocycles. The van der Waals surface area contributed by atoms with Crippen molar-refractivity contribution in [2.45, 2.75) is 38.9 Å². The SMILES string of the molecule is CCOc1cc(C2CN(O)CCO2)cc2c1OC(C)(C)C2. The van der Waals surface area contributed by atoms with Crippen LogP contribution in [0.3, 0.4) is 0 Å². The summed E-state index contributed by atoms with van der Waals surface area (Å²) >= 11 is 0. The van der Waals surface area contributed by atoms with E-state index in [0.29, 0.717) is 26.3 Å². The molecule has 1 N–H and O–H groups in total. The second kappa shape index (κ2) is 5.48. The molecule has 1 saturated heterocycles. The maximum absolute atomic E-state index is 9.69. The van der Waals surface area contributed by atoms with Crippen LogP contribution in [0.25, 0.3) is 0 Å². The van der Waals surface area contributed by atoms with Crippen molar-refractivity contribution in [2.75, 3.05) is 26.3 Å². The molecule has 2 aliphatic rings. The van der Waals surface area contributed by atoms with E-state index in [-0.39, 0.29) is 11.7 Å². The van der Waals surface area contributed by atoms with Crippen molar-refractivity contribution in [3.05, 3.63) is 23.3 Å². The highest BCUT2D eigenvalue weighted by molar-refractivity contribution is 5.53. The van der Waals surface area contributed by atoms with Crippen LogP contribution in [-0.2, 0) is 11.2 Å². The maximum Gasteiger partial charge on any atom is 0.165 e. The van der Waals surface area contributed by atoms with Crippen LogP contribution < -0.4 is 9.47 Å². The lowest BCUT2D eigenvalue weighted by Gasteiger charge is -2.29. The van der Waals surface area contributed by atoms with Crippen molar-refractivity contribution in [1.29, 1.82) is 0 Å². The van der Waals surface area contributed by atoms with Gasteiger partial charge in [0.15, 0.2) is 11.5 Å². The van der Waals surface area contributed by atoms with E-state index in [9.17, 15) is 5.21 Å². The number of hydrogen-bond donors (Lipinski definition) is 1. The number of benzene rings is 1. The Hall–Kier alpha value is -1.30. The Balaban J connectivity index is 1.94. The number of hydrogen-bond acceptors (Lipinski definition) is 5. The molecule has 1 aromatic carbocycles. The molecule has 3 rings (SSSR count). The average Bonchev–Trinajstić information content (AvgIpc) is 2.73. The van der Waals surface area contributed by atoms with Crippen molar-refractivity contribution in [1.82, 2.24) is 5.06 Å². The summed E-state index contributed by atoms with van der Waals surface area (Å²) in [6.45, 7) is 8.28. The Bertz CT molecular complexity index is 529. The van der Waals surface area contributed by atoms with Gasteiger partial charge in [-0.2, -0.15) is 5.06 Å². The Morgan fingerprint density at radius 2 is 2.24 bits per heavy atom. The first-order valence-corrected chi connectivity index (χ1v) is 7.52. The fraction of sp³-hybridized carbons (Fsp3) is 0.625. The molecule has 2 aliphatic heterocycles. The Labute approximate surface area is 125 Å². The first-order valence-electron chi connectivity index (χ1n) is 7.52. The standard InChI is InChI=1S/C16H23NO4/c1-4-19-13-8-11(14-10-17(18)5-6-20-14)7-12-9-16(2,3)21-15(12)13/h7-8,14,18H,4-6,9-10H2,1-3H3. The molecule has 0 radical (unpaired) electrons. The second-order valence-corrected chi connectivity index (χ2v) is 6.25. The number of fused-ring (bicyclic) bond motifs is 1. The minimum absolute atomic E-state index is 0.128. The van der Waals surface area contributed by atoms with Gasteiger partial charge in [-0.15, -0.1) is 0 Å². The van der Waals surface area contributed by atoms with Crippen LogP contribution in [0.2, 0.25) is 0 Å². The first-order chi connectivity index (χ1) is 9.98. The molecule has 1 aromatic rings. The largest absolute Gasteiger partial charge is 0.490 e. The highest BCUT2D eigenvalue weighted by atomic mass is 16.5. The van der Waals surface area contributed by atoms with E-state index in [1.807, 2.05) is 13.0 Å². The second-order valence-electron chi connectivity index (χ2n) is 6.25. The van der Waals surface area contributed by atoms with Gasteiger partial charge in [0.1, 0.15) is 5.60 Å². The van der Waals surface area contributed by atoms with Gasteiger partial charge in [-0.25, -0.2) is 0 Å². The number of rotatable bonds is 3. The molecular weight excluding hydrogens is 270 g/mol. The van der Waals surface area contributed by atoms with Crippen LogP contribution in [0.15, 0.2) is 12.1 Å². The number of ether oxygens (including phenoxy) is 3. The van der Waals surface area contributed by atoms with E-state index < -0.39 is 0 Å². The normalized spacial score (nSPS) is 24.5. The van der Waals surface area contributed by atoms with Gasteiger partial charge in [-0.1, -0.05) is 0 Å². The van der Waals surface area contributed by atoms with Crippen LogP contribution in [0.1, 0.15) is 38.0 Å². The maximum atomic E-state index is 9.69. The average molecular weight is 293 g/mol. The number of morpholine rings is 1. The molecule has 0 aliphatic carbocycles. The van der Waals surface area contributed by atoms with Gasteiger partial charge in [-0.3, -0.25) is 0 Å². The summed E-state index contributed by atoms with van der Waals surface area (Å²) in [4.78, 5) is 0. The van der Waals surface area contributed by atoms with E-state index in [0.717, 1.165) is 29.0 Å². The summed E-state index contributed by atoms with van der Waals surface area (Å²) in [6.07, 6.45) is 0.725. The van der Waals surface area contributed by atoms with Gasteiger partial charge >= 0.3 is 0 Å². The molecule has 0 bridgehead atoms. The predicted octanol–water partition coefficient (Wildman–Crippen LogP) is 2.56. The van der Waals surface area contributed by atoms with E-state index in [1.54, 1.807) is 0 Å². The molecule has 116 valence electrons. The van der Waals surface area contributed by atoms with Crippen molar-refractivity contribution >= 4 is 0 Å². The zero-order valence-electron chi connectivity index (χ0n) is 12.9. The fourth-order valence-corrected chi connectivity index (χ4v) is 2.99. The molecular formula is C16H23NO4. The van der Waals surface area contributed by atoms with Crippen molar-refractivity contribution < 1.29 is 19.4 Å². The lowest BCUT2D eigenvalue weighted by molar-refractivity contribution is -0.170. The summed E-state index contributed by atoms with van der Waals surface area (Å²) in [7, 11) is 0. The minimum Gasteiger partial charge on any atom is -0.490 e. The highest BCUT2D eigenvalue weighted by Crippen LogP contribution is 2.44. The van der Waals surface area contributed by atoms with Crippen molar-refractivity contribution in [2.24, 2.45) is 0 Å². The fourth-order valence-electron chi connectivity index (χ4n) is 2.99. The molecule has 0 spiro atoms. The quantitative estimate of drug-likeness (QED) is 0.928. The zero-order valence-corrected chi connectivity index (χ0v) is 12.9. The Morgan fingerprint density at radius 1 is 1.43 bits per heavy atom. The predicted molar refractivity (Wildman–Crippen MR) is 78.1 cm³/mol. The minimum atomic E-state index is -0.205. The summed E-state index contributed by atoms with van der Waals surface area (Å²) in [5, 5.41) is 11.0. The molecule has 21 heavy (non-hydrogen) atoms. The van der Waals surface area contributed by atoms with Crippen LogP contribution in [0.4, 0.5) is 0 Å². The summed E-state index contributed by atoms with van der Waals surface area (Å²) in [6, 6.07) is 4.10. The smallest absolute Gasteiger partial charge is 0.165 e. The van der Waals surface area contributed by atoms with Crippen molar-refractivity contribution in [3.8, 4) is 11.5 Å². The molecule has 0 aromatic heterocycles. The Kier molecular flexibility index (Phi) is 3.82. The van der Waals surface area contributed by atoms with Crippen LogP contribution in [0.5, 0.6) is 11.5 Å². The van der Waals surface area contributed by atoms with Crippen LogP contribution >= 0.6 is 0 Å². The van der Waals surface area contributed by atoms with E-state index in [4.69, 9.17) is 14.2 Å². The molecule has 0 saturated carbocycles. The van der Waals surface area contributed by atoms with Gasteiger partial charge in [0, 0.05) is 18.5 Å². The highest BCUT2D eigenvalue weighted by Gasteiger charge is 2.34.